The number of carbonyl (C=O) groups is 1. The van der Waals surface area contributed by atoms with Crippen LogP contribution in [0.2, 0.25) is 0 Å². The van der Waals surface area contributed by atoms with Gasteiger partial charge in [0.15, 0.2) is 0 Å². The Bertz CT molecular complexity index is 1450. The van der Waals surface area contributed by atoms with Crippen molar-refractivity contribution < 1.29 is 9.18 Å². The lowest BCUT2D eigenvalue weighted by Crippen LogP contribution is -2.23. The summed E-state index contributed by atoms with van der Waals surface area (Å²) in [7, 11) is 2.07. The number of aromatic nitrogens is 2. The maximum Gasteiger partial charge on any atom is 0.248 e. The Morgan fingerprint density at radius 2 is 1.94 bits per heavy atom. The first kappa shape index (κ1) is 23.6. The molecule has 3 aromatic carbocycles. The Morgan fingerprint density at radius 3 is 2.72 bits per heavy atom. The normalized spacial score (nSPS) is 16.0. The number of anilines is 3. The molecule has 7 heteroatoms. The van der Waals surface area contributed by atoms with Crippen LogP contribution in [0.15, 0.2) is 79.1 Å². The summed E-state index contributed by atoms with van der Waals surface area (Å²) in [5.74, 6) is -0.127. The van der Waals surface area contributed by atoms with Gasteiger partial charge in [0.2, 0.25) is 5.91 Å². The van der Waals surface area contributed by atoms with Crippen molar-refractivity contribution in [2.45, 2.75) is 25.8 Å². The van der Waals surface area contributed by atoms with Crippen molar-refractivity contribution in [3.05, 3.63) is 90.5 Å². The summed E-state index contributed by atoms with van der Waals surface area (Å²) in [5.41, 5.74) is 4.38. The first-order chi connectivity index (χ1) is 17.5. The first-order valence-electron chi connectivity index (χ1n) is 12.1. The Labute approximate surface area is 209 Å². The van der Waals surface area contributed by atoms with Crippen LogP contribution in [0.3, 0.4) is 0 Å². The van der Waals surface area contributed by atoms with Gasteiger partial charge >= 0.3 is 0 Å². The number of likely N-dealkylation sites (N-methyl/N-ethyl adjacent to an activating group) is 1. The standard InChI is InChI=1S/C29H28FN5O/c1-19-7-5-8-20(17-19)27-25(33-26(36)15-12-21-9-6-16-35(21)2)14-13-24-28(27)29(32-18-31-24)34-23-11-4-3-10-22(23)30/h3-5,7-8,10-15,17-18,21H,6,9,16H2,1-2H3,(H,33,36)(H,31,32,34). The monoisotopic (exact) mass is 481 g/mol. The summed E-state index contributed by atoms with van der Waals surface area (Å²) >= 11 is 0. The quantitative estimate of drug-likeness (QED) is 0.327. The third-order valence-corrected chi connectivity index (χ3v) is 6.54. The molecule has 36 heavy (non-hydrogen) atoms. The average Bonchev–Trinajstić information content (AvgIpc) is 3.29. The van der Waals surface area contributed by atoms with Gasteiger partial charge in [-0.1, -0.05) is 48.0 Å². The maximum atomic E-state index is 14.5. The number of halogens is 1. The van der Waals surface area contributed by atoms with Crippen molar-refractivity contribution >= 4 is 34.0 Å². The number of carbonyl (C=O) groups excluding carboxylic acids is 1. The molecule has 0 bridgehead atoms. The minimum absolute atomic E-state index is 0.205. The lowest BCUT2D eigenvalue weighted by atomic mass is 9.97. The van der Waals surface area contributed by atoms with Crippen LogP contribution in [0, 0.1) is 12.7 Å². The fourth-order valence-corrected chi connectivity index (χ4v) is 4.69. The van der Waals surface area contributed by atoms with Crippen LogP contribution < -0.4 is 10.6 Å². The maximum absolute atomic E-state index is 14.5. The van der Waals surface area contributed by atoms with Crippen molar-refractivity contribution in [1.29, 1.82) is 0 Å². The van der Waals surface area contributed by atoms with Gasteiger partial charge in [0.25, 0.3) is 0 Å². The largest absolute Gasteiger partial charge is 0.337 e. The molecule has 1 aliphatic heterocycles. The van der Waals surface area contributed by atoms with E-state index in [4.69, 9.17) is 0 Å². The number of hydrogen-bond acceptors (Lipinski definition) is 5. The molecular formula is C29H28FN5O. The Morgan fingerprint density at radius 1 is 1.08 bits per heavy atom. The van der Waals surface area contributed by atoms with Crippen molar-refractivity contribution in [1.82, 2.24) is 14.9 Å². The van der Waals surface area contributed by atoms with Crippen molar-refractivity contribution in [3.63, 3.8) is 0 Å². The highest BCUT2D eigenvalue weighted by Crippen LogP contribution is 2.39. The number of nitrogens with zero attached hydrogens (tertiary/aromatic N) is 3. The highest BCUT2D eigenvalue weighted by Gasteiger charge is 2.20. The predicted molar refractivity (Wildman–Crippen MR) is 143 cm³/mol. The third-order valence-electron chi connectivity index (χ3n) is 6.54. The van der Waals surface area contributed by atoms with Crippen LogP contribution in [-0.4, -0.2) is 40.4 Å². The minimum Gasteiger partial charge on any atom is -0.337 e. The summed E-state index contributed by atoms with van der Waals surface area (Å²) in [5, 5.41) is 6.89. The molecule has 0 saturated carbocycles. The van der Waals surface area contributed by atoms with Crippen molar-refractivity contribution in [2.75, 3.05) is 24.2 Å². The fraction of sp³-hybridized carbons (Fsp3) is 0.207. The van der Waals surface area contributed by atoms with Gasteiger partial charge in [-0.3, -0.25) is 9.69 Å². The average molecular weight is 482 g/mol. The first-order valence-corrected chi connectivity index (χ1v) is 12.1. The second-order valence-corrected chi connectivity index (χ2v) is 9.12. The van der Waals surface area contributed by atoms with Gasteiger partial charge in [-0.15, -0.1) is 0 Å². The molecule has 2 N–H and O–H groups in total. The minimum atomic E-state index is -0.382. The van der Waals surface area contributed by atoms with E-state index in [0.29, 0.717) is 28.1 Å². The Balaban J connectivity index is 1.60. The van der Waals surface area contributed by atoms with E-state index >= 15 is 0 Å². The summed E-state index contributed by atoms with van der Waals surface area (Å²) in [6.45, 7) is 3.05. The summed E-state index contributed by atoms with van der Waals surface area (Å²) < 4.78 is 14.5. The summed E-state index contributed by atoms with van der Waals surface area (Å²) in [6, 6.07) is 18.4. The molecule has 0 spiro atoms. The van der Waals surface area contributed by atoms with Gasteiger partial charge < -0.3 is 10.6 Å². The van der Waals surface area contributed by atoms with Gasteiger partial charge in [-0.05, 0) is 63.2 Å². The lowest BCUT2D eigenvalue weighted by Gasteiger charge is -2.17. The highest BCUT2D eigenvalue weighted by atomic mass is 19.1. The van der Waals surface area contributed by atoms with Crippen LogP contribution in [0.25, 0.3) is 22.0 Å². The number of fused-ring (bicyclic) bond motifs is 1. The molecule has 1 saturated heterocycles. The van der Waals surface area contributed by atoms with E-state index in [1.54, 1.807) is 24.3 Å². The third kappa shape index (κ3) is 4.97. The summed E-state index contributed by atoms with van der Waals surface area (Å²) in [4.78, 5) is 24.1. The molecule has 1 aliphatic rings. The molecule has 0 radical (unpaired) electrons. The van der Waals surface area contributed by atoms with Crippen LogP contribution in [0.5, 0.6) is 0 Å². The zero-order chi connectivity index (χ0) is 25.1. The van der Waals surface area contributed by atoms with Gasteiger partial charge in [-0.2, -0.15) is 0 Å². The SMILES string of the molecule is Cc1cccc(-c2c(NC(=O)C=CC3CCCN3C)ccc3ncnc(Nc4ccccc4F)c23)c1. The number of benzene rings is 3. The molecule has 1 unspecified atom stereocenters. The van der Waals surface area contributed by atoms with E-state index in [-0.39, 0.29) is 17.8 Å². The molecule has 1 fully saturated rings. The molecule has 2 heterocycles. The number of amides is 1. The number of rotatable bonds is 6. The molecular weight excluding hydrogens is 453 g/mol. The smallest absolute Gasteiger partial charge is 0.248 e. The van der Waals surface area contributed by atoms with E-state index in [9.17, 15) is 9.18 Å². The van der Waals surface area contributed by atoms with Crippen molar-refractivity contribution in [3.8, 4) is 11.1 Å². The summed E-state index contributed by atoms with van der Waals surface area (Å²) in [6.07, 6.45) is 7.20. The Kier molecular flexibility index (Phi) is 6.73. The number of aryl methyl sites for hydroxylation is 1. The van der Waals surface area contributed by atoms with Gasteiger partial charge in [-0.25, -0.2) is 14.4 Å². The number of para-hydroxylation sites is 1. The predicted octanol–water partition coefficient (Wildman–Crippen LogP) is 6.08. The van der Waals surface area contributed by atoms with E-state index in [2.05, 4.69) is 32.5 Å². The van der Waals surface area contributed by atoms with E-state index in [0.717, 1.165) is 36.1 Å². The second kappa shape index (κ2) is 10.3. The molecule has 0 aliphatic carbocycles. The molecule has 6 nitrogen and oxygen atoms in total. The van der Waals surface area contributed by atoms with Gasteiger partial charge in [0.1, 0.15) is 18.0 Å². The number of hydrogen-bond donors (Lipinski definition) is 2. The zero-order valence-corrected chi connectivity index (χ0v) is 20.3. The van der Waals surface area contributed by atoms with Crippen molar-refractivity contribution in [2.24, 2.45) is 0 Å². The van der Waals surface area contributed by atoms with Crippen LogP contribution >= 0.6 is 0 Å². The fourth-order valence-electron chi connectivity index (χ4n) is 4.69. The highest BCUT2D eigenvalue weighted by molar-refractivity contribution is 6.11. The molecule has 4 aromatic rings. The number of likely N-dealkylation sites (tertiary alicyclic amines) is 1. The van der Waals surface area contributed by atoms with E-state index in [1.165, 1.54) is 12.4 Å². The lowest BCUT2D eigenvalue weighted by molar-refractivity contribution is -0.111. The molecule has 5 rings (SSSR count). The van der Waals surface area contributed by atoms with Crippen LogP contribution in [-0.2, 0) is 4.79 Å². The molecule has 1 aromatic heterocycles. The van der Waals surface area contributed by atoms with Gasteiger partial charge in [0.05, 0.1) is 16.6 Å². The molecule has 182 valence electrons. The number of nitrogens with one attached hydrogen (secondary N) is 2. The molecule has 1 atom stereocenters. The van der Waals surface area contributed by atoms with E-state index < -0.39 is 0 Å². The van der Waals surface area contributed by atoms with Crippen LogP contribution in [0.4, 0.5) is 21.6 Å². The van der Waals surface area contributed by atoms with Crippen LogP contribution in [0.1, 0.15) is 18.4 Å². The van der Waals surface area contributed by atoms with E-state index in [1.807, 2.05) is 49.4 Å². The Hall–Kier alpha value is -4.10. The second-order valence-electron chi connectivity index (χ2n) is 9.12. The van der Waals surface area contributed by atoms with Gasteiger partial charge in [0, 0.05) is 23.4 Å². The zero-order valence-electron chi connectivity index (χ0n) is 20.3. The topological polar surface area (TPSA) is 70.2 Å². The molecule has 1 amide bonds.